The smallest absolute Gasteiger partial charge is 0.333 e. The first kappa shape index (κ1) is 22.2. The van der Waals surface area contributed by atoms with Crippen molar-refractivity contribution >= 4 is 16.9 Å². The second-order valence-corrected chi connectivity index (χ2v) is 7.30. The summed E-state index contributed by atoms with van der Waals surface area (Å²) in [4.78, 5) is 43.6. The summed E-state index contributed by atoms with van der Waals surface area (Å²) in [6.07, 6.45) is 1.93. The minimum atomic E-state index is -0.582. The number of hydrogen-bond donors (Lipinski definition) is 1. The molecule has 0 aliphatic carbocycles. The van der Waals surface area contributed by atoms with Crippen LogP contribution in [0.25, 0.3) is 11.2 Å². The predicted molar refractivity (Wildman–Crippen MR) is 119 cm³/mol. The molecule has 9 nitrogen and oxygen atoms in total. The molecule has 1 aromatic carbocycles. The summed E-state index contributed by atoms with van der Waals surface area (Å²) in [5.74, 6) is -0.322. The van der Waals surface area contributed by atoms with Crippen molar-refractivity contribution in [2.75, 3.05) is 13.2 Å². The Morgan fingerprint density at radius 1 is 1.13 bits per heavy atom. The Bertz CT molecular complexity index is 1230. The van der Waals surface area contributed by atoms with Gasteiger partial charge in [0.1, 0.15) is 6.61 Å². The van der Waals surface area contributed by atoms with Crippen LogP contribution in [0.5, 0.6) is 6.01 Å². The van der Waals surface area contributed by atoms with Crippen LogP contribution in [0.4, 0.5) is 0 Å². The Morgan fingerprint density at radius 3 is 2.45 bits per heavy atom. The molecule has 0 spiro atoms. The van der Waals surface area contributed by atoms with E-state index in [0.717, 1.165) is 10.1 Å². The fourth-order valence-corrected chi connectivity index (χ4v) is 3.26. The normalized spacial score (nSPS) is 11.0. The number of nitrogens with zero attached hydrogens (tertiary/aromatic N) is 4. The van der Waals surface area contributed by atoms with Gasteiger partial charge in [0.2, 0.25) is 0 Å². The molecule has 0 fully saturated rings. The quantitative estimate of drug-likeness (QED) is 0.411. The molecule has 0 amide bonds. The SMILES string of the molecule is CCn1c(=O)n(CC(=O)c2ccccc2)c(=O)c2c1nc(OCCN)n2CC=C(C)C. The number of aryl methyl sites for hydroxylation is 1. The lowest BCUT2D eigenvalue weighted by atomic mass is 10.1. The number of ketones is 1. The third-order valence-electron chi connectivity index (χ3n) is 4.82. The highest BCUT2D eigenvalue weighted by Gasteiger charge is 2.23. The third kappa shape index (κ3) is 4.51. The molecule has 0 aliphatic heterocycles. The van der Waals surface area contributed by atoms with E-state index in [9.17, 15) is 14.4 Å². The van der Waals surface area contributed by atoms with Crippen molar-refractivity contribution in [1.82, 2.24) is 18.7 Å². The number of fused-ring (bicyclic) bond motifs is 1. The van der Waals surface area contributed by atoms with Crippen molar-refractivity contribution < 1.29 is 9.53 Å². The minimum absolute atomic E-state index is 0.212. The second kappa shape index (κ2) is 9.57. The highest BCUT2D eigenvalue weighted by molar-refractivity contribution is 5.95. The van der Waals surface area contributed by atoms with Crippen LogP contribution in [0.2, 0.25) is 0 Å². The van der Waals surface area contributed by atoms with Crippen LogP contribution in [-0.4, -0.2) is 37.6 Å². The van der Waals surface area contributed by atoms with Crippen LogP contribution in [-0.2, 0) is 19.6 Å². The van der Waals surface area contributed by atoms with E-state index in [1.54, 1.807) is 41.8 Å². The molecule has 0 atom stereocenters. The summed E-state index contributed by atoms with van der Waals surface area (Å²) in [5.41, 5.74) is 6.32. The molecule has 0 saturated heterocycles. The van der Waals surface area contributed by atoms with Crippen LogP contribution < -0.4 is 21.7 Å². The topological polar surface area (TPSA) is 114 Å². The number of aromatic nitrogens is 4. The van der Waals surface area contributed by atoms with Gasteiger partial charge >= 0.3 is 5.69 Å². The van der Waals surface area contributed by atoms with Gasteiger partial charge in [0.05, 0.1) is 6.54 Å². The van der Waals surface area contributed by atoms with Gasteiger partial charge in [-0.25, -0.2) is 4.79 Å². The zero-order valence-electron chi connectivity index (χ0n) is 18.0. The molecule has 2 heterocycles. The van der Waals surface area contributed by atoms with Crippen molar-refractivity contribution in [1.29, 1.82) is 0 Å². The summed E-state index contributed by atoms with van der Waals surface area (Å²) in [6, 6.07) is 8.79. The highest BCUT2D eigenvalue weighted by atomic mass is 16.5. The third-order valence-corrected chi connectivity index (χ3v) is 4.82. The first-order valence-electron chi connectivity index (χ1n) is 10.2. The van der Waals surface area contributed by atoms with Crippen LogP contribution in [0.15, 0.2) is 51.6 Å². The molecule has 0 aliphatic rings. The Balaban J connectivity index is 2.23. The van der Waals surface area contributed by atoms with Crippen LogP contribution in [0.1, 0.15) is 31.1 Å². The van der Waals surface area contributed by atoms with Gasteiger partial charge in [-0.05, 0) is 20.8 Å². The van der Waals surface area contributed by atoms with Gasteiger partial charge in [-0.15, -0.1) is 0 Å². The van der Waals surface area contributed by atoms with Gasteiger partial charge in [-0.3, -0.25) is 23.3 Å². The summed E-state index contributed by atoms with van der Waals surface area (Å²) >= 11 is 0. The van der Waals surface area contributed by atoms with Crippen LogP contribution >= 0.6 is 0 Å². The Hall–Kier alpha value is -3.46. The van der Waals surface area contributed by atoms with Gasteiger partial charge in [-0.1, -0.05) is 42.0 Å². The molecule has 0 saturated carbocycles. The lowest BCUT2D eigenvalue weighted by Crippen LogP contribution is -2.42. The van der Waals surface area contributed by atoms with Crippen molar-refractivity contribution in [3.63, 3.8) is 0 Å². The molecule has 0 bridgehead atoms. The Kier molecular flexibility index (Phi) is 6.86. The maximum Gasteiger partial charge on any atom is 0.333 e. The van der Waals surface area contributed by atoms with E-state index < -0.39 is 11.2 Å². The number of rotatable bonds is 9. The summed E-state index contributed by atoms with van der Waals surface area (Å²) in [6.45, 7) is 6.43. The molecule has 2 aromatic heterocycles. The van der Waals surface area contributed by atoms with E-state index in [1.165, 1.54) is 4.57 Å². The van der Waals surface area contributed by atoms with Crippen molar-refractivity contribution in [2.45, 2.75) is 40.4 Å². The van der Waals surface area contributed by atoms with Gasteiger partial charge in [-0.2, -0.15) is 4.98 Å². The predicted octanol–water partition coefficient (Wildman–Crippen LogP) is 1.57. The summed E-state index contributed by atoms with van der Waals surface area (Å²) in [7, 11) is 0. The van der Waals surface area contributed by atoms with E-state index in [-0.39, 0.29) is 49.2 Å². The minimum Gasteiger partial charge on any atom is -0.463 e. The van der Waals surface area contributed by atoms with E-state index in [2.05, 4.69) is 4.98 Å². The fraction of sp³-hybridized carbons (Fsp3) is 0.364. The number of allylic oxidation sites excluding steroid dienone is 2. The molecular weight excluding hydrogens is 398 g/mol. The molecule has 31 heavy (non-hydrogen) atoms. The molecule has 0 unspecified atom stereocenters. The van der Waals surface area contributed by atoms with Crippen molar-refractivity contribution in [2.24, 2.45) is 5.73 Å². The average Bonchev–Trinajstić information content (AvgIpc) is 3.12. The number of Topliss-reactive ketones (excluding diaryl/α,β-unsaturated/α-hetero) is 1. The van der Waals surface area contributed by atoms with E-state index in [0.29, 0.717) is 12.1 Å². The summed E-state index contributed by atoms with van der Waals surface area (Å²) in [5, 5.41) is 0. The van der Waals surface area contributed by atoms with Crippen LogP contribution in [0, 0.1) is 0 Å². The number of nitrogens with two attached hydrogens (primary N) is 1. The zero-order chi connectivity index (χ0) is 22.5. The first-order valence-corrected chi connectivity index (χ1v) is 10.2. The van der Waals surface area contributed by atoms with Gasteiger partial charge in [0.25, 0.3) is 11.6 Å². The van der Waals surface area contributed by atoms with E-state index in [4.69, 9.17) is 10.5 Å². The maximum atomic E-state index is 13.4. The standard InChI is InChI=1S/C22H27N5O4/c1-4-25-19-18(26(12-10-15(2)3)21(24-19)31-13-11-23)20(29)27(22(25)30)14-17(28)16-8-6-5-7-9-16/h5-10H,4,11-14,23H2,1-3H3. The van der Waals surface area contributed by atoms with Crippen molar-refractivity contribution in [3.05, 3.63) is 68.4 Å². The summed E-state index contributed by atoms with van der Waals surface area (Å²) < 4.78 is 9.62. The number of carbonyl (C=O) groups is 1. The lowest BCUT2D eigenvalue weighted by molar-refractivity contribution is 0.0968. The number of ether oxygens (including phenoxy) is 1. The molecule has 3 rings (SSSR count). The second-order valence-electron chi connectivity index (χ2n) is 7.30. The van der Waals surface area contributed by atoms with Crippen LogP contribution in [0.3, 0.4) is 0 Å². The fourth-order valence-electron chi connectivity index (χ4n) is 3.26. The molecule has 9 heteroatoms. The highest BCUT2D eigenvalue weighted by Crippen LogP contribution is 2.19. The number of carbonyl (C=O) groups excluding carboxylic acids is 1. The molecule has 164 valence electrons. The van der Waals surface area contributed by atoms with Crippen molar-refractivity contribution in [3.8, 4) is 6.01 Å². The number of hydrogen-bond acceptors (Lipinski definition) is 6. The molecule has 0 radical (unpaired) electrons. The molecule has 3 aromatic rings. The molecule has 2 N–H and O–H groups in total. The van der Waals surface area contributed by atoms with Gasteiger partial charge in [0, 0.05) is 25.2 Å². The first-order chi connectivity index (χ1) is 14.9. The Morgan fingerprint density at radius 2 is 1.84 bits per heavy atom. The Labute approximate surface area is 179 Å². The number of imidazole rings is 1. The van der Waals surface area contributed by atoms with Gasteiger partial charge < -0.3 is 10.5 Å². The zero-order valence-corrected chi connectivity index (χ0v) is 18.0. The lowest BCUT2D eigenvalue weighted by Gasteiger charge is -2.11. The monoisotopic (exact) mass is 425 g/mol. The van der Waals surface area contributed by atoms with E-state index in [1.807, 2.05) is 19.9 Å². The average molecular weight is 425 g/mol. The van der Waals surface area contributed by atoms with Gasteiger partial charge in [0.15, 0.2) is 16.9 Å². The number of benzene rings is 1. The van der Waals surface area contributed by atoms with E-state index >= 15 is 0 Å². The molecular formula is C22H27N5O4. The maximum absolute atomic E-state index is 13.4. The largest absolute Gasteiger partial charge is 0.463 e.